The number of ether oxygens (including phenoxy) is 1. The average molecular weight is 234 g/mol. The Bertz CT molecular complexity index is 153. The smallest absolute Gasteiger partial charge is 0.307 e. The standard InChI is InChI=1S/C7H11Cl3O2/c1-7(9,10)4-5(8)3-6(11)12-2/h5H,3-4H2,1-2H3. The Balaban J connectivity index is 3.74. The quantitative estimate of drug-likeness (QED) is 0.551. The Morgan fingerprint density at radius 2 is 2.08 bits per heavy atom. The lowest BCUT2D eigenvalue weighted by Gasteiger charge is -2.16. The van der Waals surface area contributed by atoms with Gasteiger partial charge in [0, 0.05) is 5.38 Å². The molecule has 0 rings (SSSR count). The van der Waals surface area contributed by atoms with Gasteiger partial charge >= 0.3 is 5.97 Å². The summed E-state index contributed by atoms with van der Waals surface area (Å²) in [7, 11) is 1.31. The molecule has 0 aromatic heterocycles. The molecule has 0 heterocycles. The number of carbonyl (C=O) groups excluding carboxylic acids is 1. The Morgan fingerprint density at radius 1 is 1.58 bits per heavy atom. The number of halogens is 3. The van der Waals surface area contributed by atoms with E-state index in [-0.39, 0.29) is 17.8 Å². The van der Waals surface area contributed by atoms with E-state index in [0.717, 1.165) is 0 Å². The fraction of sp³-hybridized carbons (Fsp3) is 0.857. The van der Waals surface area contributed by atoms with Gasteiger partial charge in [-0.25, -0.2) is 0 Å². The van der Waals surface area contributed by atoms with E-state index in [1.54, 1.807) is 6.92 Å². The number of methoxy groups -OCH3 is 1. The predicted octanol–water partition coefficient (Wildman–Crippen LogP) is 2.74. The van der Waals surface area contributed by atoms with Crippen LogP contribution in [0.1, 0.15) is 19.8 Å². The molecule has 5 heteroatoms. The van der Waals surface area contributed by atoms with E-state index in [2.05, 4.69) is 4.74 Å². The van der Waals surface area contributed by atoms with Crippen molar-refractivity contribution in [3.8, 4) is 0 Å². The van der Waals surface area contributed by atoms with Crippen LogP contribution in [0, 0.1) is 0 Å². The van der Waals surface area contributed by atoms with E-state index < -0.39 is 4.33 Å². The molecule has 72 valence electrons. The van der Waals surface area contributed by atoms with Gasteiger partial charge in [-0.3, -0.25) is 4.79 Å². The van der Waals surface area contributed by atoms with Crippen LogP contribution in [0.5, 0.6) is 0 Å². The minimum absolute atomic E-state index is 0.132. The van der Waals surface area contributed by atoms with Crippen LogP contribution in [0.15, 0.2) is 0 Å². The molecule has 0 aromatic rings. The molecule has 0 aliphatic carbocycles. The SMILES string of the molecule is COC(=O)CC(Cl)CC(C)(Cl)Cl. The molecule has 2 nitrogen and oxygen atoms in total. The number of carbonyl (C=O) groups is 1. The zero-order valence-electron chi connectivity index (χ0n) is 6.94. The van der Waals surface area contributed by atoms with Gasteiger partial charge in [0.25, 0.3) is 0 Å². The summed E-state index contributed by atoms with van der Waals surface area (Å²) in [6.45, 7) is 1.63. The van der Waals surface area contributed by atoms with E-state index in [1.165, 1.54) is 7.11 Å². The van der Waals surface area contributed by atoms with Crippen LogP contribution >= 0.6 is 34.8 Å². The van der Waals surface area contributed by atoms with Gasteiger partial charge in [0.15, 0.2) is 0 Å². The molecule has 0 fully saturated rings. The van der Waals surface area contributed by atoms with Gasteiger partial charge in [-0.2, -0.15) is 0 Å². The maximum absolute atomic E-state index is 10.7. The van der Waals surface area contributed by atoms with Crippen molar-refractivity contribution in [2.75, 3.05) is 7.11 Å². The number of esters is 1. The monoisotopic (exact) mass is 232 g/mol. The predicted molar refractivity (Wildman–Crippen MR) is 51.0 cm³/mol. The third-order valence-corrected chi connectivity index (χ3v) is 1.81. The van der Waals surface area contributed by atoms with E-state index in [4.69, 9.17) is 34.8 Å². The van der Waals surface area contributed by atoms with Crippen molar-refractivity contribution in [1.82, 2.24) is 0 Å². The summed E-state index contributed by atoms with van der Waals surface area (Å²) >= 11 is 17.1. The highest BCUT2D eigenvalue weighted by atomic mass is 35.5. The van der Waals surface area contributed by atoms with E-state index in [1.807, 2.05) is 0 Å². The Morgan fingerprint density at radius 3 is 2.42 bits per heavy atom. The molecule has 12 heavy (non-hydrogen) atoms. The minimum Gasteiger partial charge on any atom is -0.469 e. The average Bonchev–Trinajstić information content (AvgIpc) is 1.82. The van der Waals surface area contributed by atoms with E-state index in [9.17, 15) is 4.79 Å². The lowest BCUT2D eigenvalue weighted by atomic mass is 10.2. The van der Waals surface area contributed by atoms with Crippen LogP contribution in [0.2, 0.25) is 0 Å². The van der Waals surface area contributed by atoms with Gasteiger partial charge in [-0.05, 0) is 13.3 Å². The molecule has 0 aliphatic rings. The molecule has 0 spiro atoms. The lowest BCUT2D eigenvalue weighted by molar-refractivity contribution is -0.140. The highest BCUT2D eigenvalue weighted by Gasteiger charge is 2.23. The van der Waals surface area contributed by atoms with Crippen molar-refractivity contribution in [2.45, 2.75) is 29.5 Å². The van der Waals surface area contributed by atoms with E-state index >= 15 is 0 Å². The Labute approximate surface area is 87.1 Å². The first-order valence-corrected chi connectivity index (χ1v) is 4.63. The molecular weight excluding hydrogens is 222 g/mol. The van der Waals surface area contributed by atoms with Crippen LogP contribution < -0.4 is 0 Å². The van der Waals surface area contributed by atoms with Crippen LogP contribution in [-0.4, -0.2) is 22.8 Å². The second-order valence-electron chi connectivity index (χ2n) is 2.65. The van der Waals surface area contributed by atoms with Gasteiger partial charge in [-0.1, -0.05) is 0 Å². The molecule has 0 bridgehead atoms. The zero-order chi connectivity index (χ0) is 9.78. The first kappa shape index (κ1) is 12.3. The third kappa shape index (κ3) is 7.01. The summed E-state index contributed by atoms with van der Waals surface area (Å²) < 4.78 is 3.54. The molecule has 0 radical (unpaired) electrons. The summed E-state index contributed by atoms with van der Waals surface area (Å²) in [6, 6.07) is 0. The normalized spacial score (nSPS) is 14.1. The molecule has 0 aliphatic heterocycles. The molecule has 0 saturated carbocycles. The molecule has 0 aromatic carbocycles. The number of rotatable bonds is 4. The summed E-state index contributed by atoms with van der Waals surface area (Å²) in [5.41, 5.74) is 0. The molecule has 0 N–H and O–H groups in total. The fourth-order valence-corrected chi connectivity index (χ4v) is 1.69. The lowest BCUT2D eigenvalue weighted by Crippen LogP contribution is -2.18. The summed E-state index contributed by atoms with van der Waals surface area (Å²) in [4.78, 5) is 10.7. The van der Waals surface area contributed by atoms with Crippen LogP contribution in [0.3, 0.4) is 0 Å². The second-order valence-corrected chi connectivity index (χ2v) is 5.13. The summed E-state index contributed by atoms with van der Waals surface area (Å²) in [5.74, 6) is -0.354. The van der Waals surface area contributed by atoms with Gasteiger partial charge in [-0.15, -0.1) is 34.8 Å². The van der Waals surface area contributed by atoms with Gasteiger partial charge in [0.05, 0.1) is 13.5 Å². The van der Waals surface area contributed by atoms with Gasteiger partial charge in [0.2, 0.25) is 0 Å². The largest absolute Gasteiger partial charge is 0.469 e. The Hall–Kier alpha value is 0.340. The van der Waals surface area contributed by atoms with Crippen molar-refractivity contribution in [3.63, 3.8) is 0 Å². The first-order chi connectivity index (χ1) is 5.35. The van der Waals surface area contributed by atoms with Gasteiger partial charge < -0.3 is 4.74 Å². The fourth-order valence-electron chi connectivity index (χ4n) is 0.725. The topological polar surface area (TPSA) is 26.3 Å². The van der Waals surface area contributed by atoms with Crippen molar-refractivity contribution in [2.24, 2.45) is 0 Å². The highest BCUT2D eigenvalue weighted by molar-refractivity contribution is 6.48. The zero-order valence-corrected chi connectivity index (χ0v) is 9.21. The van der Waals surface area contributed by atoms with Crippen molar-refractivity contribution in [1.29, 1.82) is 0 Å². The second kappa shape index (κ2) is 5.15. The number of hydrogen-bond donors (Lipinski definition) is 0. The molecule has 0 amide bonds. The summed E-state index contributed by atoms with van der Waals surface area (Å²) in [6.07, 6.45) is 0.486. The maximum atomic E-state index is 10.7. The van der Waals surface area contributed by atoms with Gasteiger partial charge in [0.1, 0.15) is 4.33 Å². The van der Waals surface area contributed by atoms with Crippen LogP contribution in [-0.2, 0) is 9.53 Å². The van der Waals surface area contributed by atoms with E-state index in [0.29, 0.717) is 6.42 Å². The third-order valence-electron chi connectivity index (χ3n) is 1.20. The molecule has 1 unspecified atom stereocenters. The molecule has 0 saturated heterocycles. The molecule has 1 atom stereocenters. The Kier molecular flexibility index (Phi) is 5.30. The van der Waals surface area contributed by atoms with Crippen LogP contribution in [0.4, 0.5) is 0 Å². The highest BCUT2D eigenvalue weighted by Crippen LogP contribution is 2.28. The van der Waals surface area contributed by atoms with Crippen molar-refractivity contribution >= 4 is 40.8 Å². The number of alkyl halides is 3. The first-order valence-electron chi connectivity index (χ1n) is 3.44. The maximum Gasteiger partial charge on any atom is 0.307 e. The van der Waals surface area contributed by atoms with Crippen LogP contribution in [0.25, 0.3) is 0 Å². The van der Waals surface area contributed by atoms with Crippen molar-refractivity contribution < 1.29 is 9.53 Å². The van der Waals surface area contributed by atoms with Crippen molar-refractivity contribution in [3.05, 3.63) is 0 Å². The summed E-state index contributed by atoms with van der Waals surface area (Å²) in [5, 5.41) is -0.377. The minimum atomic E-state index is -0.888. The molecular formula is C7H11Cl3O2. The number of hydrogen-bond acceptors (Lipinski definition) is 2.